The molecule has 4 unspecified atom stereocenters. The molecule has 17 heteroatoms. The van der Waals surface area contributed by atoms with Crippen molar-refractivity contribution in [1.82, 2.24) is 15.2 Å². The number of carbonyl (C=O) groups is 4. The van der Waals surface area contributed by atoms with E-state index in [4.69, 9.17) is 24.7 Å². The predicted molar refractivity (Wildman–Crippen MR) is 146 cm³/mol. The first kappa shape index (κ1) is 30.4. The predicted octanol–water partition coefficient (Wildman–Crippen LogP) is 0.832. The Morgan fingerprint density at radius 3 is 2.70 bits per heavy atom. The number of aromatic nitrogens is 1. The molecular weight excluding hydrogens is 586 g/mol. The van der Waals surface area contributed by atoms with Crippen molar-refractivity contribution >= 4 is 69.5 Å². The number of hydrogen-bond donors (Lipinski definition) is 3. The van der Waals surface area contributed by atoms with Crippen LogP contribution in [-0.2, 0) is 38.1 Å². The zero-order valence-electron chi connectivity index (χ0n) is 22.3. The van der Waals surface area contributed by atoms with Crippen molar-refractivity contribution in [3.8, 4) is 0 Å². The number of oxime groups is 1. The van der Waals surface area contributed by atoms with E-state index < -0.39 is 63.5 Å². The molecule has 220 valence electrons. The Morgan fingerprint density at radius 1 is 1.38 bits per heavy atom. The van der Waals surface area contributed by atoms with E-state index in [2.05, 4.69) is 15.5 Å². The van der Waals surface area contributed by atoms with Crippen LogP contribution in [0.3, 0.4) is 0 Å². The second-order valence-corrected chi connectivity index (χ2v) is 13.6. The van der Waals surface area contributed by atoms with Gasteiger partial charge in [-0.3, -0.25) is 19.2 Å². The fraction of sp³-hybridized carbons (Fsp3) is 0.652. The summed E-state index contributed by atoms with van der Waals surface area (Å²) in [5.41, 5.74) is 3.24. The molecule has 0 saturated carbocycles. The largest absolute Gasteiger partial charge is 0.427 e. The summed E-state index contributed by atoms with van der Waals surface area (Å²) < 4.78 is 21.3. The van der Waals surface area contributed by atoms with Crippen LogP contribution < -0.4 is 11.1 Å². The number of ether oxygens (including phenoxy) is 4. The maximum Gasteiger partial charge on any atom is 0.321 e. The maximum absolute atomic E-state index is 13.7. The van der Waals surface area contributed by atoms with Crippen molar-refractivity contribution in [3.63, 3.8) is 0 Å². The normalized spacial score (nSPS) is 28.8. The minimum Gasteiger partial charge on any atom is -0.427 e. The Morgan fingerprint density at radius 2 is 2.12 bits per heavy atom. The molecule has 0 spiro atoms. The summed E-state index contributed by atoms with van der Waals surface area (Å²) >= 11 is 3.77. The Bertz CT molecular complexity index is 1180. The molecule has 0 aromatic carbocycles. The third-order valence-corrected chi connectivity index (χ3v) is 10.6. The van der Waals surface area contributed by atoms with Crippen LogP contribution in [0.2, 0.25) is 0 Å². The van der Waals surface area contributed by atoms with E-state index >= 15 is 0 Å². The fourth-order valence-corrected chi connectivity index (χ4v) is 8.13. The van der Waals surface area contributed by atoms with Crippen LogP contribution in [0.25, 0.3) is 0 Å². The average Bonchev–Trinajstić information content (AvgIpc) is 3.36. The molecule has 4 rings (SSSR count). The van der Waals surface area contributed by atoms with E-state index in [1.54, 1.807) is 20.8 Å². The lowest BCUT2D eigenvalue weighted by atomic mass is 9.79. The van der Waals surface area contributed by atoms with Gasteiger partial charge in [-0.1, -0.05) is 5.16 Å². The number of hydrogen-bond acceptors (Lipinski definition) is 15. The number of nitrogen functional groups attached to an aromatic ring is 1. The molecule has 0 aliphatic carbocycles. The number of nitrogens with one attached hydrogen (secondary N) is 1. The minimum atomic E-state index is -1.31. The topological polar surface area (TPSA) is 192 Å². The third-order valence-electron chi connectivity index (χ3n) is 6.66. The molecule has 5 atom stereocenters. The standard InChI is InChI=1S/C23H31N5O9S3/c1-22(2,3)18(31)36-10-37-19(32)23(12-5-6-34-9-35-12)8-28-16(30)14(17(28)40-20(23)38-4)26-15(29)13(27-33)11-7-39-21(24)25-11/h7,12,14,17,20,33H,5-6,8-10H2,1-4H3,(H2,24,25)(H,26,29)/t12?,14?,17-,20?,23?/m1/s1. The number of nitrogens with two attached hydrogens (primary N) is 1. The van der Waals surface area contributed by atoms with Gasteiger partial charge >= 0.3 is 11.9 Å². The van der Waals surface area contributed by atoms with Gasteiger partial charge in [-0.2, -0.15) is 0 Å². The first-order valence-corrected chi connectivity index (χ1v) is 15.3. The van der Waals surface area contributed by atoms with Crippen LogP contribution in [0, 0.1) is 10.8 Å². The van der Waals surface area contributed by atoms with Gasteiger partial charge in [0.05, 0.1) is 22.7 Å². The molecule has 4 heterocycles. The summed E-state index contributed by atoms with van der Waals surface area (Å²) in [6.07, 6.45) is 1.57. The second-order valence-electron chi connectivity index (χ2n) is 10.3. The number of esters is 2. The van der Waals surface area contributed by atoms with Crippen molar-refractivity contribution in [3.05, 3.63) is 11.1 Å². The maximum atomic E-state index is 13.7. The molecule has 2 amide bonds. The van der Waals surface area contributed by atoms with Gasteiger partial charge in [0, 0.05) is 11.9 Å². The number of nitrogens with zero attached hydrogens (tertiary/aromatic N) is 3. The summed E-state index contributed by atoms with van der Waals surface area (Å²) in [7, 11) is 0. The molecule has 1 aromatic rings. The quantitative estimate of drug-likeness (QED) is 0.0929. The molecule has 3 aliphatic rings. The first-order chi connectivity index (χ1) is 18.9. The first-order valence-electron chi connectivity index (χ1n) is 12.2. The monoisotopic (exact) mass is 617 g/mol. The Hall–Kier alpha value is -2.60. The van der Waals surface area contributed by atoms with Gasteiger partial charge in [0.1, 0.15) is 29.3 Å². The number of thiazole rings is 1. The lowest BCUT2D eigenvalue weighted by Crippen LogP contribution is -2.76. The van der Waals surface area contributed by atoms with Gasteiger partial charge < -0.3 is 40.1 Å². The zero-order valence-corrected chi connectivity index (χ0v) is 24.7. The van der Waals surface area contributed by atoms with Crippen molar-refractivity contribution in [2.45, 2.75) is 49.3 Å². The lowest BCUT2D eigenvalue weighted by Gasteiger charge is -2.58. The summed E-state index contributed by atoms with van der Waals surface area (Å²) in [5.74, 6) is -2.41. The smallest absolute Gasteiger partial charge is 0.321 e. The Labute approximate surface area is 242 Å². The van der Waals surface area contributed by atoms with E-state index in [0.29, 0.717) is 13.0 Å². The van der Waals surface area contributed by atoms with Crippen LogP contribution in [-0.4, -0.2) is 99.7 Å². The van der Waals surface area contributed by atoms with Gasteiger partial charge in [0.15, 0.2) is 10.8 Å². The number of rotatable bonds is 8. The Kier molecular flexibility index (Phi) is 9.18. The Balaban J connectivity index is 1.52. The summed E-state index contributed by atoms with van der Waals surface area (Å²) in [6.45, 7) is 4.76. The third kappa shape index (κ3) is 5.74. The van der Waals surface area contributed by atoms with Gasteiger partial charge in [0.25, 0.3) is 5.91 Å². The van der Waals surface area contributed by atoms with Crippen LogP contribution >= 0.6 is 34.9 Å². The average molecular weight is 618 g/mol. The van der Waals surface area contributed by atoms with Gasteiger partial charge in [-0.05, 0) is 33.4 Å². The highest BCUT2D eigenvalue weighted by molar-refractivity contribution is 8.17. The van der Waals surface area contributed by atoms with Gasteiger partial charge in [0.2, 0.25) is 12.7 Å². The zero-order chi connectivity index (χ0) is 29.2. The SMILES string of the molecule is CSC1S[C@@H]2C(NC(=O)C(=NO)c3csc(N)n3)C(=O)N2CC1(C(=O)OCOC(=O)C(C)(C)C)C1CCOCO1. The van der Waals surface area contributed by atoms with E-state index in [1.807, 2.05) is 6.26 Å². The van der Waals surface area contributed by atoms with E-state index in [9.17, 15) is 24.4 Å². The van der Waals surface area contributed by atoms with E-state index in [1.165, 1.54) is 33.8 Å². The molecular formula is C23H31N5O9S3. The number of thioether (sulfide) groups is 2. The van der Waals surface area contributed by atoms with Gasteiger partial charge in [-0.15, -0.1) is 34.9 Å². The van der Waals surface area contributed by atoms with Crippen molar-refractivity contribution < 1.29 is 43.3 Å². The molecule has 3 saturated heterocycles. The van der Waals surface area contributed by atoms with Crippen LogP contribution in [0.4, 0.5) is 5.13 Å². The number of fused-ring (bicyclic) bond motifs is 1. The molecule has 3 fully saturated rings. The fourth-order valence-electron chi connectivity index (χ4n) is 4.57. The van der Waals surface area contributed by atoms with E-state index in [-0.39, 0.29) is 29.9 Å². The second kappa shape index (κ2) is 12.1. The van der Waals surface area contributed by atoms with Crippen LogP contribution in [0.15, 0.2) is 10.5 Å². The van der Waals surface area contributed by atoms with Gasteiger partial charge in [-0.25, -0.2) is 4.98 Å². The molecule has 14 nitrogen and oxygen atoms in total. The molecule has 0 bridgehead atoms. The minimum absolute atomic E-state index is 0.0229. The molecule has 4 N–H and O–H groups in total. The number of carbonyl (C=O) groups excluding carboxylic acids is 4. The molecule has 40 heavy (non-hydrogen) atoms. The highest BCUT2D eigenvalue weighted by Gasteiger charge is 2.65. The molecule has 1 aromatic heterocycles. The number of anilines is 1. The highest BCUT2D eigenvalue weighted by Crippen LogP contribution is 2.54. The molecule has 3 aliphatic heterocycles. The van der Waals surface area contributed by atoms with Crippen molar-refractivity contribution in [1.29, 1.82) is 0 Å². The number of β-lactam (4-membered cyclic amide) rings is 1. The van der Waals surface area contributed by atoms with Crippen molar-refractivity contribution in [2.75, 3.05) is 38.7 Å². The summed E-state index contributed by atoms with van der Waals surface area (Å²) in [5, 5.41) is 16.2. The lowest BCUT2D eigenvalue weighted by molar-refractivity contribution is -0.208. The number of amides is 2. The van der Waals surface area contributed by atoms with Crippen LogP contribution in [0.5, 0.6) is 0 Å². The van der Waals surface area contributed by atoms with E-state index in [0.717, 1.165) is 11.3 Å². The highest BCUT2D eigenvalue weighted by atomic mass is 32.2. The van der Waals surface area contributed by atoms with Crippen molar-refractivity contribution in [2.24, 2.45) is 16.0 Å². The summed E-state index contributed by atoms with van der Waals surface area (Å²) in [4.78, 5) is 57.5. The summed E-state index contributed by atoms with van der Waals surface area (Å²) in [6, 6.07) is -0.933. The molecule has 0 radical (unpaired) electrons. The van der Waals surface area contributed by atoms with Crippen LogP contribution in [0.1, 0.15) is 32.9 Å².